The number of hydrogen-bond acceptors (Lipinski definition) is 8. The van der Waals surface area contributed by atoms with Crippen LogP contribution in [0.15, 0.2) is 57.9 Å². The van der Waals surface area contributed by atoms with Gasteiger partial charge < -0.3 is 38.5 Å². The normalized spacial score (nSPS) is 17.1. The number of furan rings is 1. The molecule has 5 heterocycles. The molecule has 250 valence electrons. The predicted molar refractivity (Wildman–Crippen MR) is 182 cm³/mol. The molecule has 3 aliphatic heterocycles. The van der Waals surface area contributed by atoms with Crippen LogP contribution < -0.4 is 20.4 Å². The van der Waals surface area contributed by atoms with Crippen molar-refractivity contribution in [2.24, 2.45) is 0 Å². The van der Waals surface area contributed by atoms with Crippen molar-refractivity contribution >= 4 is 50.3 Å². The van der Waals surface area contributed by atoms with E-state index in [2.05, 4.69) is 5.32 Å². The second-order valence-electron chi connectivity index (χ2n) is 12.6. The summed E-state index contributed by atoms with van der Waals surface area (Å²) in [6, 6.07) is 12.4. The lowest BCUT2D eigenvalue weighted by molar-refractivity contribution is -0.121. The number of pyridine rings is 1. The number of aromatic nitrogens is 1. The summed E-state index contributed by atoms with van der Waals surface area (Å²) in [5.74, 6) is -0.489. The number of carbonyl (C=O) groups excluding carboxylic acids is 2. The fraction of sp³-hybridized carbons (Fsp3) is 0.361. The van der Waals surface area contributed by atoms with E-state index in [0.717, 1.165) is 10.8 Å². The monoisotopic (exact) mass is 655 g/mol. The van der Waals surface area contributed by atoms with Crippen LogP contribution in [0, 0.1) is 5.82 Å². The minimum Gasteiger partial charge on any atom is -0.456 e. The third-order valence-electron chi connectivity index (χ3n) is 9.29. The van der Waals surface area contributed by atoms with E-state index in [4.69, 9.17) is 13.9 Å². The van der Waals surface area contributed by atoms with Gasteiger partial charge in [0.2, 0.25) is 11.3 Å². The van der Waals surface area contributed by atoms with Crippen LogP contribution in [0.2, 0.25) is 0 Å². The molecule has 0 bridgehead atoms. The molecule has 0 saturated carbocycles. The molecule has 0 unspecified atom stereocenters. The zero-order chi connectivity index (χ0) is 32.4. The molecule has 0 aliphatic carbocycles. The summed E-state index contributed by atoms with van der Waals surface area (Å²) in [6.07, 6.45) is 2.54. The molecule has 3 aliphatic rings. The van der Waals surface area contributed by atoms with Crippen LogP contribution in [0.3, 0.4) is 0 Å². The van der Waals surface area contributed by atoms with E-state index < -0.39 is 17.2 Å². The summed E-state index contributed by atoms with van der Waals surface area (Å²) < 4.78 is 36.2. The maximum Gasteiger partial charge on any atom is 0.259 e. The maximum atomic E-state index is 16.3. The minimum atomic E-state index is -0.634. The topological polar surface area (TPSA) is 109 Å². The Morgan fingerprint density at radius 2 is 1.81 bits per heavy atom. The zero-order valence-electron chi connectivity index (χ0n) is 26.2. The Morgan fingerprint density at radius 3 is 2.60 bits per heavy atom. The number of carbonyl (C=O) groups is 2. The highest BCUT2D eigenvalue weighted by atomic mass is 19.1. The summed E-state index contributed by atoms with van der Waals surface area (Å²) in [6.45, 7) is 2.96. The number of para-hydroxylation sites is 1. The van der Waals surface area contributed by atoms with Gasteiger partial charge in [-0.05, 0) is 38.7 Å². The lowest BCUT2D eigenvalue weighted by atomic mass is 10.0. The summed E-state index contributed by atoms with van der Waals surface area (Å²) in [5, 5.41) is 4.85. The van der Waals surface area contributed by atoms with Gasteiger partial charge in [0.25, 0.3) is 5.91 Å². The molecule has 5 aromatic rings. The number of anilines is 1. The van der Waals surface area contributed by atoms with Crippen LogP contribution in [0.25, 0.3) is 38.5 Å². The number of ether oxygens (including phenoxy) is 2. The van der Waals surface area contributed by atoms with Gasteiger partial charge in [0, 0.05) is 68.2 Å². The largest absolute Gasteiger partial charge is 0.456 e. The number of halogens is 1. The average Bonchev–Trinajstić information content (AvgIpc) is 3.68. The summed E-state index contributed by atoms with van der Waals surface area (Å²) >= 11 is 0. The molecule has 1 atom stereocenters. The molecule has 2 fully saturated rings. The number of fused-ring (bicyclic) bond motifs is 5. The number of hydrogen-bond donors (Lipinski definition) is 1. The number of benzene rings is 3. The molecule has 12 heteroatoms. The number of rotatable bonds is 6. The Balaban J connectivity index is 0.00000364. The second kappa shape index (κ2) is 12.3. The Labute approximate surface area is 276 Å². The van der Waals surface area contributed by atoms with Crippen LogP contribution in [-0.4, -0.2) is 92.3 Å². The van der Waals surface area contributed by atoms with Gasteiger partial charge in [0.15, 0.2) is 17.3 Å². The van der Waals surface area contributed by atoms with Crippen molar-refractivity contribution in [1.82, 2.24) is 19.7 Å². The van der Waals surface area contributed by atoms with Crippen LogP contribution in [0.1, 0.15) is 30.6 Å². The third-order valence-corrected chi connectivity index (χ3v) is 9.29. The van der Waals surface area contributed by atoms with Crippen molar-refractivity contribution in [3.05, 3.63) is 70.3 Å². The first-order chi connectivity index (χ1) is 22.8. The first-order valence-corrected chi connectivity index (χ1v) is 15.9. The smallest absolute Gasteiger partial charge is 0.259 e. The third kappa shape index (κ3) is 5.25. The lowest BCUT2D eigenvalue weighted by Crippen LogP contribution is -2.42. The van der Waals surface area contributed by atoms with Crippen molar-refractivity contribution < 1.29 is 27.9 Å². The maximum absolute atomic E-state index is 16.3. The predicted octanol–water partition coefficient (Wildman–Crippen LogP) is 4.89. The highest BCUT2D eigenvalue weighted by Gasteiger charge is 2.35. The van der Waals surface area contributed by atoms with E-state index in [1.807, 2.05) is 60.3 Å². The van der Waals surface area contributed by atoms with Crippen molar-refractivity contribution in [2.75, 3.05) is 64.9 Å². The van der Waals surface area contributed by atoms with Crippen LogP contribution in [-0.2, 0) is 9.53 Å². The molecule has 2 aromatic heterocycles. The minimum absolute atomic E-state index is 0. The first-order valence-electron chi connectivity index (χ1n) is 15.9. The fourth-order valence-electron chi connectivity index (χ4n) is 6.91. The Kier molecular flexibility index (Phi) is 8.08. The molecule has 8 rings (SSSR count). The van der Waals surface area contributed by atoms with Crippen molar-refractivity contribution in [3.8, 4) is 17.2 Å². The van der Waals surface area contributed by atoms with Crippen LogP contribution >= 0.6 is 0 Å². The van der Waals surface area contributed by atoms with Gasteiger partial charge in [-0.1, -0.05) is 25.6 Å². The van der Waals surface area contributed by atoms with E-state index >= 15 is 4.39 Å². The van der Waals surface area contributed by atoms with E-state index in [-0.39, 0.29) is 41.8 Å². The van der Waals surface area contributed by atoms with E-state index in [1.165, 1.54) is 6.07 Å². The van der Waals surface area contributed by atoms with Gasteiger partial charge in [-0.15, -0.1) is 0 Å². The van der Waals surface area contributed by atoms with Gasteiger partial charge in [0.1, 0.15) is 27.9 Å². The number of amides is 2. The second-order valence-corrected chi connectivity index (χ2v) is 12.6. The number of morpholine rings is 1. The van der Waals surface area contributed by atoms with Gasteiger partial charge in [-0.2, -0.15) is 0 Å². The Morgan fingerprint density at radius 1 is 1.02 bits per heavy atom. The number of nitrogens with one attached hydrogen (secondary N) is 1. The Bertz CT molecular complexity index is 2150. The highest BCUT2D eigenvalue weighted by molar-refractivity contribution is 6.07. The fourth-order valence-corrected chi connectivity index (χ4v) is 6.91. The van der Waals surface area contributed by atoms with Gasteiger partial charge in [0.05, 0.1) is 24.3 Å². The van der Waals surface area contributed by atoms with Crippen molar-refractivity contribution in [2.45, 2.75) is 26.3 Å². The quantitative estimate of drug-likeness (QED) is 0.270. The molecule has 3 aromatic carbocycles. The molecule has 2 amide bonds. The molecular formula is C36H38FN5O6. The van der Waals surface area contributed by atoms with E-state index in [1.54, 1.807) is 15.7 Å². The molecular weight excluding hydrogens is 617 g/mol. The van der Waals surface area contributed by atoms with Crippen molar-refractivity contribution in [3.63, 3.8) is 0 Å². The van der Waals surface area contributed by atoms with Crippen LogP contribution in [0.4, 0.5) is 10.1 Å². The van der Waals surface area contributed by atoms with Gasteiger partial charge >= 0.3 is 0 Å². The Hall–Kier alpha value is -4.94. The lowest BCUT2D eigenvalue weighted by Gasteiger charge is -2.30. The summed E-state index contributed by atoms with van der Waals surface area (Å²) in [7, 11) is 3.83. The standard InChI is InChI=1S/C35H34FN5O6.CH4/c1-38(2)9-8-30(42)37-20-7-10-40(18-20)32-25(36)15-23-31-34(32)47-29-16-22-21-5-3-4-6-27(21)46-28(22)17-26(29)41(31)19-24(33(23)43)35(44)39-11-13-45-14-12-39;/h3-6,15-17,19-20H,7-14,18H2,1-2H3,(H,37,42);1H4/t20-;/m1./s1. The molecule has 1 N–H and O–H groups in total. The molecule has 0 spiro atoms. The average molecular weight is 656 g/mol. The number of nitrogens with zero attached hydrogens (tertiary/aromatic N) is 4. The molecule has 11 nitrogen and oxygen atoms in total. The van der Waals surface area contributed by atoms with Gasteiger partial charge in [-0.3, -0.25) is 14.4 Å². The van der Waals surface area contributed by atoms with E-state index in [0.29, 0.717) is 86.9 Å². The zero-order valence-corrected chi connectivity index (χ0v) is 26.2. The first kappa shape index (κ1) is 31.6. The van der Waals surface area contributed by atoms with Crippen molar-refractivity contribution in [1.29, 1.82) is 0 Å². The molecule has 2 saturated heterocycles. The van der Waals surface area contributed by atoms with E-state index in [9.17, 15) is 14.4 Å². The highest BCUT2D eigenvalue weighted by Crippen LogP contribution is 2.49. The molecule has 0 radical (unpaired) electrons. The van der Waals surface area contributed by atoms with Gasteiger partial charge in [-0.25, -0.2) is 4.39 Å². The summed E-state index contributed by atoms with van der Waals surface area (Å²) in [4.78, 5) is 45.7. The SMILES string of the molecule is C.CN(C)CCC(=O)N[C@@H]1CCN(c2c(F)cc3c(=O)c(C(=O)N4CCOCC4)cn4c3c2Oc2cc3c(cc2-4)oc2ccccc23)C1. The van der Waals surface area contributed by atoms with Crippen LogP contribution in [0.5, 0.6) is 11.5 Å². The molecule has 48 heavy (non-hydrogen) atoms. The summed E-state index contributed by atoms with van der Waals surface area (Å²) in [5.41, 5.74) is 1.84.